The van der Waals surface area contributed by atoms with Crippen molar-refractivity contribution in [3.8, 4) is 0 Å². The zero-order valence-electron chi connectivity index (χ0n) is 6.71. The van der Waals surface area contributed by atoms with Crippen molar-refractivity contribution in [2.75, 3.05) is 0 Å². The molecule has 1 unspecified atom stereocenters. The van der Waals surface area contributed by atoms with Crippen molar-refractivity contribution in [2.24, 2.45) is 11.7 Å². The van der Waals surface area contributed by atoms with E-state index >= 15 is 0 Å². The number of hydrogen-bond acceptors (Lipinski definition) is 2. The second-order valence-electron chi connectivity index (χ2n) is 2.71. The fourth-order valence-corrected chi connectivity index (χ4v) is 2.08. The maximum Gasteiger partial charge on any atom is 0.220 e. The minimum atomic E-state index is -0.264. The first kappa shape index (κ1) is 9.55. The SMILES string of the molecule is CC(Cc1ccc(Cl)s1)C(N)=O. The zero-order chi connectivity index (χ0) is 9.14. The van der Waals surface area contributed by atoms with Gasteiger partial charge in [-0.15, -0.1) is 11.3 Å². The number of thiophene rings is 1. The molecule has 0 aliphatic heterocycles. The van der Waals surface area contributed by atoms with Crippen molar-refractivity contribution in [3.05, 3.63) is 21.3 Å². The summed E-state index contributed by atoms with van der Waals surface area (Å²) in [5, 5.41) is 0. The highest BCUT2D eigenvalue weighted by molar-refractivity contribution is 7.16. The van der Waals surface area contributed by atoms with E-state index in [1.165, 1.54) is 11.3 Å². The van der Waals surface area contributed by atoms with E-state index in [4.69, 9.17) is 17.3 Å². The summed E-state index contributed by atoms with van der Waals surface area (Å²) in [6.45, 7) is 1.82. The molecule has 0 aliphatic rings. The average Bonchev–Trinajstić information content (AvgIpc) is 2.35. The Hall–Kier alpha value is -0.540. The summed E-state index contributed by atoms with van der Waals surface area (Å²) in [5.74, 6) is -0.376. The van der Waals surface area contributed by atoms with Gasteiger partial charge in [-0.3, -0.25) is 4.79 Å². The van der Waals surface area contributed by atoms with Crippen LogP contribution in [0.2, 0.25) is 4.34 Å². The fourth-order valence-electron chi connectivity index (χ4n) is 0.864. The van der Waals surface area contributed by atoms with Gasteiger partial charge in [-0.1, -0.05) is 18.5 Å². The largest absolute Gasteiger partial charge is 0.369 e. The quantitative estimate of drug-likeness (QED) is 0.803. The number of rotatable bonds is 3. The van der Waals surface area contributed by atoms with Crippen molar-refractivity contribution in [3.63, 3.8) is 0 Å². The summed E-state index contributed by atoms with van der Waals surface area (Å²) in [6, 6.07) is 3.75. The van der Waals surface area contributed by atoms with Crippen molar-refractivity contribution >= 4 is 28.8 Å². The number of amides is 1. The number of carbonyl (C=O) groups excluding carboxylic acids is 1. The van der Waals surface area contributed by atoms with E-state index in [1.807, 2.05) is 19.1 Å². The highest BCUT2D eigenvalue weighted by Gasteiger charge is 2.10. The summed E-state index contributed by atoms with van der Waals surface area (Å²) in [4.78, 5) is 11.8. The molecule has 2 nitrogen and oxygen atoms in total. The molecule has 0 aliphatic carbocycles. The van der Waals surface area contributed by atoms with Crippen LogP contribution in [-0.2, 0) is 11.2 Å². The Morgan fingerprint density at radius 1 is 1.75 bits per heavy atom. The third-order valence-corrected chi connectivity index (χ3v) is 2.88. The molecule has 0 saturated heterocycles. The summed E-state index contributed by atoms with van der Waals surface area (Å²) in [7, 11) is 0. The molecule has 1 heterocycles. The van der Waals surface area contributed by atoms with E-state index in [-0.39, 0.29) is 11.8 Å². The van der Waals surface area contributed by atoms with Gasteiger partial charge in [0.2, 0.25) is 5.91 Å². The summed E-state index contributed by atoms with van der Waals surface area (Å²) in [5.41, 5.74) is 5.12. The van der Waals surface area contributed by atoms with Crippen molar-refractivity contribution in [1.29, 1.82) is 0 Å². The molecule has 12 heavy (non-hydrogen) atoms. The highest BCUT2D eigenvalue weighted by atomic mass is 35.5. The van der Waals surface area contributed by atoms with Gasteiger partial charge >= 0.3 is 0 Å². The first-order valence-electron chi connectivity index (χ1n) is 3.63. The normalized spacial score (nSPS) is 12.8. The Balaban J connectivity index is 2.58. The number of halogens is 1. The maximum absolute atomic E-state index is 10.7. The topological polar surface area (TPSA) is 43.1 Å². The van der Waals surface area contributed by atoms with Gasteiger partial charge in [0.05, 0.1) is 4.34 Å². The van der Waals surface area contributed by atoms with Crippen LogP contribution in [0.15, 0.2) is 12.1 Å². The molecule has 66 valence electrons. The molecule has 4 heteroatoms. The summed E-state index contributed by atoms with van der Waals surface area (Å²) in [6.07, 6.45) is 0.687. The van der Waals surface area contributed by atoms with Crippen LogP contribution < -0.4 is 5.73 Å². The minimum absolute atomic E-state index is 0.111. The van der Waals surface area contributed by atoms with Crippen LogP contribution >= 0.6 is 22.9 Å². The van der Waals surface area contributed by atoms with Gasteiger partial charge in [-0.2, -0.15) is 0 Å². The lowest BCUT2D eigenvalue weighted by Gasteiger charge is -2.03. The number of nitrogens with two attached hydrogens (primary N) is 1. The van der Waals surface area contributed by atoms with Gasteiger partial charge in [0, 0.05) is 10.8 Å². The lowest BCUT2D eigenvalue weighted by Crippen LogP contribution is -2.21. The smallest absolute Gasteiger partial charge is 0.220 e. The predicted molar refractivity (Wildman–Crippen MR) is 51.4 cm³/mol. The van der Waals surface area contributed by atoms with E-state index in [2.05, 4.69) is 0 Å². The Kier molecular flexibility index (Phi) is 3.12. The molecule has 1 aromatic rings. The molecular weight excluding hydrogens is 194 g/mol. The van der Waals surface area contributed by atoms with E-state index in [1.54, 1.807) is 0 Å². The van der Waals surface area contributed by atoms with E-state index in [0.717, 1.165) is 9.21 Å². The molecule has 2 N–H and O–H groups in total. The maximum atomic E-state index is 10.7. The third kappa shape index (κ3) is 2.50. The highest BCUT2D eigenvalue weighted by Crippen LogP contribution is 2.23. The molecule has 0 radical (unpaired) electrons. The first-order chi connectivity index (χ1) is 5.59. The van der Waals surface area contributed by atoms with Crippen LogP contribution in [0.25, 0.3) is 0 Å². The molecular formula is C8H10ClNOS. The number of carbonyl (C=O) groups is 1. The van der Waals surface area contributed by atoms with Gasteiger partial charge in [-0.05, 0) is 18.6 Å². The molecule has 1 amide bonds. The Morgan fingerprint density at radius 3 is 2.83 bits per heavy atom. The lowest BCUT2D eigenvalue weighted by molar-refractivity contribution is -0.121. The van der Waals surface area contributed by atoms with Crippen molar-refractivity contribution in [1.82, 2.24) is 0 Å². The standard InChI is InChI=1S/C8H10ClNOS/c1-5(8(10)11)4-6-2-3-7(9)12-6/h2-3,5H,4H2,1H3,(H2,10,11). The lowest BCUT2D eigenvalue weighted by atomic mass is 10.1. The molecule has 0 fully saturated rings. The zero-order valence-corrected chi connectivity index (χ0v) is 8.28. The van der Waals surface area contributed by atoms with E-state index < -0.39 is 0 Å². The molecule has 1 atom stereocenters. The number of hydrogen-bond donors (Lipinski definition) is 1. The van der Waals surface area contributed by atoms with Gasteiger partial charge in [-0.25, -0.2) is 0 Å². The molecule has 1 rings (SSSR count). The van der Waals surface area contributed by atoms with Crippen LogP contribution in [0.5, 0.6) is 0 Å². The second kappa shape index (κ2) is 3.92. The Labute approximate surface area is 80.3 Å². The van der Waals surface area contributed by atoms with Gasteiger partial charge in [0.1, 0.15) is 0 Å². The van der Waals surface area contributed by atoms with E-state index in [0.29, 0.717) is 6.42 Å². The van der Waals surface area contributed by atoms with Gasteiger partial charge in [0.15, 0.2) is 0 Å². The van der Waals surface area contributed by atoms with Crippen LogP contribution in [0.1, 0.15) is 11.8 Å². The summed E-state index contributed by atoms with van der Waals surface area (Å²) >= 11 is 7.22. The van der Waals surface area contributed by atoms with Crippen molar-refractivity contribution in [2.45, 2.75) is 13.3 Å². The van der Waals surface area contributed by atoms with Crippen LogP contribution in [0.3, 0.4) is 0 Å². The third-order valence-electron chi connectivity index (χ3n) is 1.62. The minimum Gasteiger partial charge on any atom is -0.369 e. The average molecular weight is 204 g/mol. The first-order valence-corrected chi connectivity index (χ1v) is 4.82. The Bertz CT molecular complexity index is 284. The van der Waals surface area contributed by atoms with Gasteiger partial charge < -0.3 is 5.73 Å². The molecule has 1 aromatic heterocycles. The number of primary amides is 1. The van der Waals surface area contributed by atoms with Crippen LogP contribution in [0, 0.1) is 5.92 Å². The van der Waals surface area contributed by atoms with Gasteiger partial charge in [0.25, 0.3) is 0 Å². The molecule has 0 saturated carbocycles. The van der Waals surface area contributed by atoms with E-state index in [9.17, 15) is 4.79 Å². The fraction of sp³-hybridized carbons (Fsp3) is 0.375. The summed E-state index contributed by atoms with van der Waals surface area (Å²) < 4.78 is 0.752. The van der Waals surface area contributed by atoms with Crippen molar-refractivity contribution < 1.29 is 4.79 Å². The molecule has 0 spiro atoms. The van der Waals surface area contributed by atoms with Crippen LogP contribution in [0.4, 0.5) is 0 Å². The molecule has 0 bridgehead atoms. The monoisotopic (exact) mass is 203 g/mol. The van der Waals surface area contributed by atoms with Crippen LogP contribution in [-0.4, -0.2) is 5.91 Å². The molecule has 0 aromatic carbocycles. The predicted octanol–water partition coefficient (Wildman–Crippen LogP) is 2.07. The Morgan fingerprint density at radius 2 is 2.42 bits per heavy atom. The second-order valence-corrected chi connectivity index (χ2v) is 4.51.